The van der Waals surface area contributed by atoms with Gasteiger partial charge >= 0.3 is 11.9 Å². The Morgan fingerprint density at radius 2 is 1.89 bits per heavy atom. The first-order chi connectivity index (χ1) is 8.23. The van der Waals surface area contributed by atoms with Gasteiger partial charge in [0.25, 0.3) is 0 Å². The molecule has 100 valence electrons. The lowest BCUT2D eigenvalue weighted by molar-refractivity contribution is -0.138. The fourth-order valence-corrected chi connectivity index (χ4v) is 3.04. The lowest BCUT2D eigenvalue weighted by Gasteiger charge is -2.32. The molecular formula is C12H14I2O4. The molecule has 0 aromatic rings. The summed E-state index contributed by atoms with van der Waals surface area (Å²) in [6, 6.07) is 0. The van der Waals surface area contributed by atoms with Gasteiger partial charge in [-0.25, -0.2) is 4.79 Å². The van der Waals surface area contributed by atoms with Crippen molar-refractivity contribution in [3.05, 3.63) is 36.0 Å². The largest absolute Gasteiger partial charge is 0.480 e. The first-order valence-corrected chi connectivity index (χ1v) is 7.31. The molecule has 2 atom stereocenters. The second kappa shape index (κ2) is 7.27. The van der Waals surface area contributed by atoms with Gasteiger partial charge in [-0.15, -0.1) is 6.58 Å². The first kappa shape index (κ1) is 17.6. The van der Waals surface area contributed by atoms with Gasteiger partial charge in [-0.2, -0.15) is 0 Å². The summed E-state index contributed by atoms with van der Waals surface area (Å²) in [4.78, 5) is 22.1. The maximum absolute atomic E-state index is 11.2. The zero-order valence-electron chi connectivity index (χ0n) is 9.98. The molecule has 0 aliphatic heterocycles. The van der Waals surface area contributed by atoms with E-state index in [1.165, 1.54) is 6.08 Å². The number of hydrogen-bond acceptors (Lipinski definition) is 2. The van der Waals surface area contributed by atoms with Crippen LogP contribution in [-0.2, 0) is 9.59 Å². The lowest BCUT2D eigenvalue weighted by Crippen LogP contribution is -2.45. The molecule has 0 saturated heterocycles. The second-order valence-corrected chi connectivity index (χ2v) is 6.51. The van der Waals surface area contributed by atoms with Crippen LogP contribution in [0.4, 0.5) is 0 Å². The summed E-state index contributed by atoms with van der Waals surface area (Å²) in [6.07, 6.45) is 4.77. The van der Waals surface area contributed by atoms with Gasteiger partial charge in [0, 0.05) is 0 Å². The SMILES string of the molecule is C=CC.CC1=CC=C(C(=O)O)C(I)C1(I)C(=O)O. The number of carboxylic acid groups (broad SMARTS) is 2. The Balaban J connectivity index is 0.000000873. The minimum atomic E-state index is -1.17. The third kappa shape index (κ3) is 3.56. The van der Waals surface area contributed by atoms with E-state index >= 15 is 0 Å². The summed E-state index contributed by atoms with van der Waals surface area (Å²) in [5.74, 6) is -2.08. The molecule has 0 aromatic heterocycles. The highest BCUT2D eigenvalue weighted by atomic mass is 127. The average molecular weight is 476 g/mol. The highest BCUT2D eigenvalue weighted by Gasteiger charge is 2.48. The van der Waals surface area contributed by atoms with Crippen molar-refractivity contribution in [2.24, 2.45) is 0 Å². The summed E-state index contributed by atoms with van der Waals surface area (Å²) < 4.78 is -1.74. The van der Waals surface area contributed by atoms with E-state index in [-0.39, 0.29) is 5.57 Å². The molecule has 2 N–H and O–H groups in total. The highest BCUT2D eigenvalue weighted by molar-refractivity contribution is 14.1. The lowest BCUT2D eigenvalue weighted by atomic mass is 9.88. The Hall–Kier alpha value is -0.380. The minimum Gasteiger partial charge on any atom is -0.480 e. The number of rotatable bonds is 2. The molecule has 0 fully saturated rings. The third-order valence-corrected chi connectivity index (χ3v) is 7.00. The van der Waals surface area contributed by atoms with Crippen molar-refractivity contribution in [3.63, 3.8) is 0 Å². The van der Waals surface area contributed by atoms with E-state index in [1.54, 1.807) is 41.7 Å². The van der Waals surface area contributed by atoms with Crippen LogP contribution in [-0.4, -0.2) is 29.5 Å². The molecule has 6 heteroatoms. The zero-order chi connectivity index (χ0) is 14.5. The topological polar surface area (TPSA) is 74.6 Å². The number of alkyl halides is 2. The standard InChI is InChI=1S/C9H8I2O4.C3H6/c1-4-2-3-5(7(12)13)6(10)9(4,11)8(14)15;1-3-2/h2-3,6H,1H3,(H,12,13)(H,14,15);3H,1H2,2H3. The first-order valence-electron chi connectivity index (χ1n) is 4.99. The van der Waals surface area contributed by atoms with E-state index in [9.17, 15) is 9.59 Å². The fourth-order valence-electron chi connectivity index (χ4n) is 1.29. The van der Waals surface area contributed by atoms with Crippen molar-refractivity contribution >= 4 is 57.1 Å². The molecule has 0 radical (unpaired) electrons. The number of carboxylic acids is 2. The Kier molecular flexibility index (Phi) is 7.11. The Labute approximate surface area is 133 Å². The third-order valence-electron chi connectivity index (χ3n) is 2.27. The van der Waals surface area contributed by atoms with Gasteiger partial charge in [0.1, 0.15) is 0 Å². The zero-order valence-corrected chi connectivity index (χ0v) is 14.3. The van der Waals surface area contributed by atoms with Crippen LogP contribution in [0.2, 0.25) is 0 Å². The summed E-state index contributed by atoms with van der Waals surface area (Å²) in [5.41, 5.74) is 0.776. The average Bonchev–Trinajstić information content (AvgIpc) is 2.26. The van der Waals surface area contributed by atoms with Crippen LogP contribution in [0, 0.1) is 0 Å². The van der Waals surface area contributed by atoms with E-state index in [0.29, 0.717) is 5.57 Å². The summed E-state index contributed by atoms with van der Waals surface area (Å²) >= 11 is 3.67. The smallest absolute Gasteiger partial charge is 0.332 e. The Morgan fingerprint density at radius 3 is 2.22 bits per heavy atom. The predicted molar refractivity (Wildman–Crippen MR) is 87.5 cm³/mol. The predicted octanol–water partition coefficient (Wildman–Crippen LogP) is 3.21. The number of hydrogen-bond donors (Lipinski definition) is 2. The van der Waals surface area contributed by atoms with E-state index in [4.69, 9.17) is 10.2 Å². The molecule has 0 heterocycles. The molecule has 4 nitrogen and oxygen atoms in total. The van der Waals surface area contributed by atoms with E-state index in [1.807, 2.05) is 29.5 Å². The highest BCUT2D eigenvalue weighted by Crippen LogP contribution is 2.42. The molecule has 1 aliphatic rings. The van der Waals surface area contributed by atoms with E-state index in [2.05, 4.69) is 6.58 Å². The van der Waals surface area contributed by atoms with E-state index in [0.717, 1.165) is 0 Å². The van der Waals surface area contributed by atoms with Gasteiger partial charge in [0.05, 0.1) is 9.50 Å². The normalized spacial score (nSPS) is 26.1. The van der Waals surface area contributed by atoms with Crippen molar-refractivity contribution in [1.82, 2.24) is 0 Å². The maximum Gasteiger partial charge on any atom is 0.332 e. The molecule has 0 aromatic carbocycles. The Morgan fingerprint density at radius 1 is 1.44 bits per heavy atom. The molecule has 18 heavy (non-hydrogen) atoms. The molecule has 0 bridgehead atoms. The van der Waals surface area contributed by atoms with Crippen LogP contribution in [0.3, 0.4) is 0 Å². The van der Waals surface area contributed by atoms with Gasteiger partial charge < -0.3 is 10.2 Å². The quantitative estimate of drug-likeness (QED) is 0.365. The van der Waals surface area contributed by atoms with Gasteiger partial charge in [-0.05, 0) is 19.4 Å². The molecular weight excluding hydrogens is 462 g/mol. The van der Waals surface area contributed by atoms with E-state index < -0.39 is 19.3 Å². The van der Waals surface area contributed by atoms with Gasteiger partial charge in [0.15, 0.2) is 3.42 Å². The van der Waals surface area contributed by atoms with Crippen molar-refractivity contribution in [3.8, 4) is 0 Å². The van der Waals surface area contributed by atoms with Crippen molar-refractivity contribution in [2.75, 3.05) is 0 Å². The number of halogens is 2. The fraction of sp³-hybridized carbons (Fsp3) is 0.333. The van der Waals surface area contributed by atoms with Crippen LogP contribution in [0.25, 0.3) is 0 Å². The van der Waals surface area contributed by atoms with Crippen LogP contribution in [0.5, 0.6) is 0 Å². The van der Waals surface area contributed by atoms with Gasteiger partial charge in [0.2, 0.25) is 0 Å². The van der Waals surface area contributed by atoms with Crippen LogP contribution in [0.1, 0.15) is 13.8 Å². The summed E-state index contributed by atoms with van der Waals surface area (Å²) in [7, 11) is 0. The van der Waals surface area contributed by atoms with Crippen molar-refractivity contribution < 1.29 is 19.8 Å². The molecule has 0 spiro atoms. The van der Waals surface area contributed by atoms with Gasteiger partial charge in [-0.3, -0.25) is 4.79 Å². The van der Waals surface area contributed by atoms with Crippen molar-refractivity contribution in [2.45, 2.75) is 21.2 Å². The minimum absolute atomic E-state index is 0.123. The van der Waals surface area contributed by atoms with Crippen LogP contribution >= 0.6 is 45.2 Å². The van der Waals surface area contributed by atoms with Crippen LogP contribution < -0.4 is 0 Å². The summed E-state index contributed by atoms with van der Waals surface area (Å²) in [6.45, 7) is 6.95. The number of carbonyl (C=O) groups is 2. The summed E-state index contributed by atoms with van der Waals surface area (Å²) in [5, 5.41) is 18.1. The molecule has 1 rings (SSSR count). The number of allylic oxidation sites excluding steroid dienone is 3. The maximum atomic E-state index is 11.2. The molecule has 0 saturated carbocycles. The molecule has 0 amide bonds. The van der Waals surface area contributed by atoms with Gasteiger partial charge in [-0.1, -0.05) is 63.4 Å². The second-order valence-electron chi connectivity index (χ2n) is 3.56. The van der Waals surface area contributed by atoms with Crippen molar-refractivity contribution in [1.29, 1.82) is 0 Å². The van der Waals surface area contributed by atoms with Crippen LogP contribution in [0.15, 0.2) is 36.0 Å². The Bertz CT molecular complexity index is 426. The monoisotopic (exact) mass is 476 g/mol. The molecule has 1 aliphatic carbocycles. The number of aliphatic carboxylic acids is 2. The molecule has 2 unspecified atom stereocenters.